The van der Waals surface area contributed by atoms with E-state index < -0.39 is 22.0 Å². The third kappa shape index (κ3) is 17.4. The van der Waals surface area contributed by atoms with Gasteiger partial charge in [-0.1, -0.05) is 73.7 Å². The molecule has 11 nitrogen and oxygen atoms in total. The second kappa shape index (κ2) is 21.4. The summed E-state index contributed by atoms with van der Waals surface area (Å²) in [6.07, 6.45) is 2.28. The van der Waals surface area contributed by atoms with Gasteiger partial charge in [0.05, 0.1) is 19.8 Å². The number of amides is 2. The first-order valence-electron chi connectivity index (χ1n) is 15.6. The smallest absolute Gasteiger partial charge is 0.303 e. The van der Waals surface area contributed by atoms with E-state index in [0.717, 1.165) is 29.4 Å². The summed E-state index contributed by atoms with van der Waals surface area (Å²) in [5.41, 5.74) is 2.93. The molecule has 0 fully saturated rings. The zero-order valence-corrected chi connectivity index (χ0v) is 29.7. The van der Waals surface area contributed by atoms with Crippen molar-refractivity contribution in [1.82, 2.24) is 15.4 Å². The molecular weight excluding hydrogens is 670 g/mol. The summed E-state index contributed by atoms with van der Waals surface area (Å²) >= 11 is 5.86. The van der Waals surface area contributed by atoms with Crippen molar-refractivity contribution < 1.29 is 37.4 Å². The second-order valence-corrected chi connectivity index (χ2v) is 13.4. The SMILES string of the molecule is COc1cc(CCNC(=O)C(NS(C)(=O)=O)C(C)C)ccc1OCC#Cc1ccc(Cl)cc1.O=C(O)CCC(=O)NCCc1ccccc1. The van der Waals surface area contributed by atoms with E-state index in [-0.39, 0.29) is 37.2 Å². The molecule has 4 N–H and O–H groups in total. The summed E-state index contributed by atoms with van der Waals surface area (Å²) < 4.78 is 36.5. The van der Waals surface area contributed by atoms with Gasteiger partial charge >= 0.3 is 5.97 Å². The average Bonchev–Trinajstić information content (AvgIpc) is 3.06. The van der Waals surface area contributed by atoms with Gasteiger partial charge in [0.2, 0.25) is 21.8 Å². The van der Waals surface area contributed by atoms with Crippen LogP contribution in [0.3, 0.4) is 0 Å². The Labute approximate surface area is 293 Å². The van der Waals surface area contributed by atoms with Crippen LogP contribution in [0.2, 0.25) is 5.02 Å². The van der Waals surface area contributed by atoms with Gasteiger partial charge in [-0.15, -0.1) is 0 Å². The Hall–Kier alpha value is -4.57. The molecule has 1 unspecified atom stereocenters. The Morgan fingerprint density at radius 3 is 2.14 bits per heavy atom. The number of halogens is 1. The first-order chi connectivity index (χ1) is 23.3. The van der Waals surface area contributed by atoms with Gasteiger partial charge in [-0.05, 0) is 66.3 Å². The fraction of sp³-hybridized carbons (Fsp3) is 0.361. The molecule has 3 aromatic rings. The molecule has 49 heavy (non-hydrogen) atoms. The molecule has 2 amide bonds. The molecule has 0 bridgehead atoms. The van der Waals surface area contributed by atoms with E-state index in [2.05, 4.69) is 27.2 Å². The van der Waals surface area contributed by atoms with Crippen LogP contribution in [0.1, 0.15) is 43.4 Å². The molecule has 3 aromatic carbocycles. The summed E-state index contributed by atoms with van der Waals surface area (Å²) in [5.74, 6) is 5.38. The Balaban J connectivity index is 0.000000435. The lowest BCUT2D eigenvalue weighted by Gasteiger charge is -2.20. The standard InChI is InChI=1S/C24H29ClN2O5S.C12H15NO3/c1-17(2)23(27-33(4,29)30)24(28)26-14-13-19-9-12-21(22(16-19)31-3)32-15-5-6-18-7-10-20(25)11-8-18;14-11(6-7-12(15)16)13-9-8-10-4-2-1-3-5-10/h7-12,16-17,23,27H,13-15H2,1-4H3,(H,26,28);1-5H,6-9H2,(H,13,14)(H,15,16). The van der Waals surface area contributed by atoms with Crippen molar-refractivity contribution in [3.05, 3.63) is 94.5 Å². The third-order valence-corrected chi connectivity index (χ3v) is 7.69. The van der Waals surface area contributed by atoms with Gasteiger partial charge in [-0.2, -0.15) is 0 Å². The molecule has 0 spiro atoms. The predicted octanol–water partition coefficient (Wildman–Crippen LogP) is 4.22. The molecule has 0 radical (unpaired) electrons. The number of rotatable bonds is 16. The number of hydrogen-bond acceptors (Lipinski definition) is 7. The lowest BCUT2D eigenvalue weighted by Crippen LogP contribution is -2.49. The molecule has 3 rings (SSSR count). The van der Waals surface area contributed by atoms with Crippen LogP contribution in [0.4, 0.5) is 0 Å². The second-order valence-electron chi connectivity index (χ2n) is 11.2. The minimum atomic E-state index is -3.49. The molecule has 0 aliphatic rings. The van der Waals surface area contributed by atoms with Gasteiger partial charge in [-0.25, -0.2) is 13.1 Å². The van der Waals surface area contributed by atoms with E-state index in [9.17, 15) is 22.8 Å². The summed E-state index contributed by atoms with van der Waals surface area (Å²) in [4.78, 5) is 33.8. The Morgan fingerprint density at radius 2 is 1.53 bits per heavy atom. The van der Waals surface area contributed by atoms with Crippen LogP contribution in [0.5, 0.6) is 11.5 Å². The van der Waals surface area contributed by atoms with Crippen LogP contribution in [-0.4, -0.2) is 70.4 Å². The largest absolute Gasteiger partial charge is 0.493 e. The van der Waals surface area contributed by atoms with Gasteiger partial charge in [0.25, 0.3) is 0 Å². The molecule has 0 saturated carbocycles. The lowest BCUT2D eigenvalue weighted by molar-refractivity contribution is -0.138. The van der Waals surface area contributed by atoms with E-state index >= 15 is 0 Å². The Kier molecular flexibility index (Phi) is 17.7. The molecule has 13 heteroatoms. The average molecular weight is 714 g/mol. The zero-order chi connectivity index (χ0) is 36.2. The molecule has 1 atom stereocenters. The van der Waals surface area contributed by atoms with Crippen LogP contribution >= 0.6 is 11.6 Å². The lowest BCUT2D eigenvalue weighted by atomic mass is 10.0. The summed E-state index contributed by atoms with van der Waals surface area (Å²) in [6.45, 7) is 4.65. The molecule has 0 aliphatic heterocycles. The maximum Gasteiger partial charge on any atom is 0.303 e. The van der Waals surface area contributed by atoms with Gasteiger partial charge < -0.3 is 25.2 Å². The molecule has 0 saturated heterocycles. The number of carbonyl (C=O) groups excluding carboxylic acids is 2. The van der Waals surface area contributed by atoms with Crippen molar-refractivity contribution in [3.63, 3.8) is 0 Å². The predicted molar refractivity (Wildman–Crippen MR) is 190 cm³/mol. The molecule has 0 aromatic heterocycles. The summed E-state index contributed by atoms with van der Waals surface area (Å²) in [5, 5.41) is 14.5. The first kappa shape index (κ1) is 40.6. The Bertz CT molecular complexity index is 1670. The molecule has 264 valence electrons. The van der Waals surface area contributed by atoms with E-state index in [1.54, 1.807) is 39.2 Å². The van der Waals surface area contributed by atoms with Crippen molar-refractivity contribution in [2.24, 2.45) is 5.92 Å². The number of carboxylic acid groups (broad SMARTS) is 1. The van der Waals surface area contributed by atoms with Crippen LogP contribution in [0.15, 0.2) is 72.8 Å². The highest BCUT2D eigenvalue weighted by atomic mass is 35.5. The highest BCUT2D eigenvalue weighted by Crippen LogP contribution is 2.28. The van der Waals surface area contributed by atoms with E-state index in [0.29, 0.717) is 36.0 Å². The summed E-state index contributed by atoms with van der Waals surface area (Å²) in [6, 6.07) is 21.7. The van der Waals surface area contributed by atoms with E-state index in [1.165, 1.54) is 0 Å². The quantitative estimate of drug-likeness (QED) is 0.161. The maximum atomic E-state index is 12.4. The van der Waals surface area contributed by atoms with Crippen molar-refractivity contribution in [3.8, 4) is 23.3 Å². The summed E-state index contributed by atoms with van der Waals surface area (Å²) in [7, 11) is -1.94. The number of benzene rings is 3. The van der Waals surface area contributed by atoms with Gasteiger partial charge in [0.15, 0.2) is 11.5 Å². The number of ether oxygens (including phenoxy) is 2. The first-order valence-corrected chi connectivity index (χ1v) is 17.9. The topological polar surface area (TPSA) is 160 Å². The van der Waals surface area contributed by atoms with Gasteiger partial charge in [0, 0.05) is 30.1 Å². The van der Waals surface area contributed by atoms with Crippen molar-refractivity contribution in [2.45, 2.75) is 45.6 Å². The monoisotopic (exact) mass is 713 g/mol. The fourth-order valence-corrected chi connectivity index (χ4v) is 5.20. The Morgan fingerprint density at radius 1 is 0.878 bits per heavy atom. The minimum Gasteiger partial charge on any atom is -0.493 e. The fourth-order valence-electron chi connectivity index (χ4n) is 4.23. The third-order valence-electron chi connectivity index (χ3n) is 6.75. The maximum absolute atomic E-state index is 12.4. The number of nitrogens with one attached hydrogen (secondary N) is 3. The van der Waals surface area contributed by atoms with Crippen molar-refractivity contribution in [1.29, 1.82) is 0 Å². The normalized spacial score (nSPS) is 11.2. The van der Waals surface area contributed by atoms with Crippen LogP contribution in [0, 0.1) is 17.8 Å². The minimum absolute atomic E-state index is 0.0458. The number of sulfonamides is 1. The van der Waals surface area contributed by atoms with Gasteiger partial charge in [-0.3, -0.25) is 14.4 Å². The van der Waals surface area contributed by atoms with Crippen molar-refractivity contribution >= 4 is 39.4 Å². The van der Waals surface area contributed by atoms with Crippen molar-refractivity contribution in [2.75, 3.05) is 33.1 Å². The van der Waals surface area contributed by atoms with Gasteiger partial charge in [0.1, 0.15) is 12.6 Å². The zero-order valence-electron chi connectivity index (χ0n) is 28.1. The van der Waals surface area contributed by atoms with E-state index in [1.807, 2.05) is 54.6 Å². The number of carbonyl (C=O) groups is 3. The number of carboxylic acids is 1. The van der Waals surface area contributed by atoms with Crippen LogP contribution in [-0.2, 0) is 37.2 Å². The highest BCUT2D eigenvalue weighted by molar-refractivity contribution is 7.88. The van der Waals surface area contributed by atoms with Crippen LogP contribution in [0.25, 0.3) is 0 Å². The number of methoxy groups -OCH3 is 1. The highest BCUT2D eigenvalue weighted by Gasteiger charge is 2.25. The molecular formula is C36H44ClN3O8S. The van der Waals surface area contributed by atoms with Crippen LogP contribution < -0.4 is 24.8 Å². The number of aliphatic carboxylic acids is 1. The number of hydrogen-bond donors (Lipinski definition) is 4. The van der Waals surface area contributed by atoms with E-state index in [4.69, 9.17) is 26.2 Å². The molecule has 0 aliphatic carbocycles. The molecule has 0 heterocycles.